The summed E-state index contributed by atoms with van der Waals surface area (Å²) in [6.45, 7) is -0.392. The van der Waals surface area contributed by atoms with Crippen LogP contribution in [0.1, 0.15) is 11.1 Å². The summed E-state index contributed by atoms with van der Waals surface area (Å²) in [7, 11) is -3.32. The Hall–Kier alpha value is -1.38. The van der Waals surface area contributed by atoms with Gasteiger partial charge in [0.25, 0.3) is 0 Å². The van der Waals surface area contributed by atoms with Gasteiger partial charge in [-0.05, 0) is 11.6 Å². The molecule has 80 valence electrons. The van der Waals surface area contributed by atoms with Gasteiger partial charge in [-0.15, -0.1) is 0 Å². The molecule has 15 heavy (non-hydrogen) atoms. The molecule has 0 radical (unpaired) electrons. The minimum Gasteiger partial charge on any atom is -0.395 e. The molecular weight excluding hydrogens is 214 g/mol. The summed E-state index contributed by atoms with van der Waals surface area (Å²) in [4.78, 5) is 0. The molecule has 0 aliphatic heterocycles. The highest BCUT2D eigenvalue weighted by Crippen LogP contribution is 2.11. The molecule has 1 N–H and O–H groups in total. The van der Waals surface area contributed by atoms with Gasteiger partial charge < -0.3 is 5.11 Å². The maximum Gasteiger partial charge on any atom is 0.156 e. The number of aliphatic hydroxyl groups is 1. The van der Waals surface area contributed by atoms with Crippen molar-refractivity contribution >= 4 is 9.84 Å². The average Bonchev–Trinajstić information content (AvgIpc) is 2.17. The summed E-state index contributed by atoms with van der Waals surface area (Å²) in [6.07, 6.45) is 0. The van der Waals surface area contributed by atoms with Gasteiger partial charge >= 0.3 is 0 Å². The second-order valence-corrected chi connectivity index (χ2v) is 5.27. The first-order valence-electron chi connectivity index (χ1n) is 4.38. The molecule has 0 atom stereocenters. The molecular formula is C10H11NO3S. The van der Waals surface area contributed by atoms with Gasteiger partial charge in [0.05, 0.1) is 29.7 Å². The Morgan fingerprint density at radius 1 is 1.33 bits per heavy atom. The van der Waals surface area contributed by atoms with Gasteiger partial charge in [0.1, 0.15) is 0 Å². The largest absolute Gasteiger partial charge is 0.395 e. The highest BCUT2D eigenvalue weighted by Gasteiger charge is 2.13. The van der Waals surface area contributed by atoms with Gasteiger partial charge in [-0.3, -0.25) is 0 Å². The van der Waals surface area contributed by atoms with Gasteiger partial charge in [0.2, 0.25) is 0 Å². The van der Waals surface area contributed by atoms with Crippen LogP contribution in [0, 0.1) is 11.3 Å². The van der Waals surface area contributed by atoms with Crippen molar-refractivity contribution in [3.8, 4) is 6.07 Å². The Balaban J connectivity index is 2.96. The first-order valence-corrected chi connectivity index (χ1v) is 6.20. The summed E-state index contributed by atoms with van der Waals surface area (Å²) >= 11 is 0. The van der Waals surface area contributed by atoms with Crippen LogP contribution in [0.3, 0.4) is 0 Å². The maximum absolute atomic E-state index is 11.4. The number of rotatable bonds is 4. The highest BCUT2D eigenvalue weighted by molar-refractivity contribution is 7.90. The van der Waals surface area contributed by atoms with E-state index in [0.717, 1.165) is 0 Å². The summed E-state index contributed by atoms with van der Waals surface area (Å²) in [5, 5.41) is 17.3. The topological polar surface area (TPSA) is 78.2 Å². The number of sulfone groups is 1. The van der Waals surface area contributed by atoms with E-state index in [1.165, 1.54) is 0 Å². The number of benzene rings is 1. The fraction of sp³-hybridized carbons (Fsp3) is 0.300. The van der Waals surface area contributed by atoms with Crippen molar-refractivity contribution in [3.63, 3.8) is 0 Å². The minimum absolute atomic E-state index is 0.197. The minimum atomic E-state index is -3.32. The van der Waals surface area contributed by atoms with Crippen LogP contribution in [0.2, 0.25) is 0 Å². The van der Waals surface area contributed by atoms with Crippen LogP contribution in [0.4, 0.5) is 0 Å². The van der Waals surface area contributed by atoms with E-state index in [1.807, 2.05) is 6.07 Å². The molecule has 0 saturated heterocycles. The Labute approximate surface area is 88.7 Å². The van der Waals surface area contributed by atoms with Crippen molar-refractivity contribution in [3.05, 3.63) is 35.4 Å². The standard InChI is InChI=1S/C10H11NO3S/c11-7-9-3-1-2-4-10(9)8-15(13,14)6-5-12/h1-4,12H,5-6,8H2. The normalized spacial score (nSPS) is 10.9. The summed E-state index contributed by atoms with van der Waals surface area (Å²) in [5.41, 5.74) is 0.840. The van der Waals surface area contributed by atoms with Crippen LogP contribution in [-0.2, 0) is 15.6 Å². The Morgan fingerprint density at radius 3 is 2.60 bits per heavy atom. The van der Waals surface area contributed by atoms with Crippen molar-refractivity contribution in [2.45, 2.75) is 5.75 Å². The number of aliphatic hydroxyl groups excluding tert-OH is 1. The number of hydrogen-bond donors (Lipinski definition) is 1. The highest BCUT2D eigenvalue weighted by atomic mass is 32.2. The third-order valence-corrected chi connectivity index (χ3v) is 3.47. The summed E-state index contributed by atoms with van der Waals surface area (Å²) < 4.78 is 22.8. The molecule has 1 aromatic carbocycles. The smallest absolute Gasteiger partial charge is 0.156 e. The van der Waals surface area contributed by atoms with Gasteiger partial charge in [0, 0.05) is 0 Å². The molecule has 0 heterocycles. The van der Waals surface area contributed by atoms with Crippen molar-refractivity contribution in [1.29, 1.82) is 5.26 Å². The molecule has 0 saturated carbocycles. The van der Waals surface area contributed by atoms with Crippen LogP contribution >= 0.6 is 0 Å². The first-order chi connectivity index (χ1) is 7.09. The monoisotopic (exact) mass is 225 g/mol. The predicted octanol–water partition coefficient (Wildman–Crippen LogP) is 0.465. The quantitative estimate of drug-likeness (QED) is 0.807. The zero-order chi connectivity index (χ0) is 11.3. The van der Waals surface area contributed by atoms with E-state index >= 15 is 0 Å². The Morgan fingerprint density at radius 2 is 2.00 bits per heavy atom. The van der Waals surface area contributed by atoms with E-state index in [4.69, 9.17) is 10.4 Å². The van der Waals surface area contributed by atoms with Gasteiger partial charge in [-0.2, -0.15) is 5.26 Å². The van der Waals surface area contributed by atoms with E-state index in [0.29, 0.717) is 11.1 Å². The number of hydrogen-bond acceptors (Lipinski definition) is 4. The van der Waals surface area contributed by atoms with E-state index in [9.17, 15) is 8.42 Å². The van der Waals surface area contributed by atoms with E-state index in [-0.39, 0.29) is 11.5 Å². The SMILES string of the molecule is N#Cc1ccccc1CS(=O)(=O)CCO. The fourth-order valence-electron chi connectivity index (χ4n) is 1.20. The Kier molecular flexibility index (Phi) is 3.83. The second kappa shape index (κ2) is 4.91. The molecule has 0 spiro atoms. The summed E-state index contributed by atoms with van der Waals surface area (Å²) in [6, 6.07) is 8.48. The molecule has 1 rings (SSSR count). The van der Waals surface area contributed by atoms with E-state index < -0.39 is 16.4 Å². The second-order valence-electron chi connectivity index (χ2n) is 3.08. The van der Waals surface area contributed by atoms with Crippen molar-refractivity contribution in [1.82, 2.24) is 0 Å². The molecule has 5 heteroatoms. The number of nitrogens with zero attached hydrogens (tertiary/aromatic N) is 1. The van der Waals surface area contributed by atoms with Gasteiger partial charge in [-0.25, -0.2) is 8.42 Å². The van der Waals surface area contributed by atoms with Crippen LogP contribution in [-0.4, -0.2) is 25.9 Å². The van der Waals surface area contributed by atoms with Crippen LogP contribution in [0.25, 0.3) is 0 Å². The van der Waals surface area contributed by atoms with Crippen molar-refractivity contribution in [2.75, 3.05) is 12.4 Å². The van der Waals surface area contributed by atoms with Crippen molar-refractivity contribution < 1.29 is 13.5 Å². The predicted molar refractivity (Wildman–Crippen MR) is 55.7 cm³/mol. The lowest BCUT2D eigenvalue weighted by molar-refractivity contribution is 0.319. The zero-order valence-electron chi connectivity index (χ0n) is 8.05. The van der Waals surface area contributed by atoms with Gasteiger partial charge in [0.15, 0.2) is 9.84 Å². The van der Waals surface area contributed by atoms with E-state index in [1.54, 1.807) is 24.3 Å². The molecule has 0 unspecified atom stereocenters. The lowest BCUT2D eigenvalue weighted by atomic mass is 10.1. The Bertz CT molecular complexity index is 474. The van der Waals surface area contributed by atoms with Crippen LogP contribution in [0.15, 0.2) is 24.3 Å². The van der Waals surface area contributed by atoms with Gasteiger partial charge in [-0.1, -0.05) is 18.2 Å². The third kappa shape index (κ3) is 3.35. The molecule has 0 aromatic heterocycles. The maximum atomic E-state index is 11.4. The molecule has 1 aromatic rings. The first kappa shape index (κ1) is 11.7. The zero-order valence-corrected chi connectivity index (χ0v) is 8.87. The molecule has 0 bridgehead atoms. The average molecular weight is 225 g/mol. The lowest BCUT2D eigenvalue weighted by Crippen LogP contribution is -2.12. The molecule has 0 aliphatic rings. The molecule has 0 amide bonds. The van der Waals surface area contributed by atoms with Crippen LogP contribution < -0.4 is 0 Å². The lowest BCUT2D eigenvalue weighted by Gasteiger charge is -2.04. The third-order valence-electron chi connectivity index (χ3n) is 1.92. The van der Waals surface area contributed by atoms with Crippen molar-refractivity contribution in [2.24, 2.45) is 0 Å². The molecule has 4 nitrogen and oxygen atoms in total. The molecule has 0 aliphatic carbocycles. The molecule has 0 fully saturated rings. The summed E-state index contributed by atoms with van der Waals surface area (Å²) in [5.74, 6) is -0.468. The fourth-order valence-corrected chi connectivity index (χ4v) is 2.35. The van der Waals surface area contributed by atoms with E-state index in [2.05, 4.69) is 0 Å². The number of nitriles is 1. The van der Waals surface area contributed by atoms with Crippen LogP contribution in [0.5, 0.6) is 0 Å².